The first-order chi connectivity index (χ1) is 13.6. The summed E-state index contributed by atoms with van der Waals surface area (Å²) in [4.78, 5) is 26.3. The number of nitrogens with zero attached hydrogens (tertiary/aromatic N) is 3. The Bertz CT molecular complexity index is 993. The van der Waals surface area contributed by atoms with E-state index in [4.69, 9.17) is 0 Å². The minimum absolute atomic E-state index is 0.137. The summed E-state index contributed by atoms with van der Waals surface area (Å²) >= 11 is 0. The summed E-state index contributed by atoms with van der Waals surface area (Å²) in [6.07, 6.45) is 1.47. The second-order valence-electron chi connectivity index (χ2n) is 6.96. The van der Waals surface area contributed by atoms with E-state index in [9.17, 15) is 9.59 Å². The summed E-state index contributed by atoms with van der Waals surface area (Å²) < 4.78 is 1.79. The summed E-state index contributed by atoms with van der Waals surface area (Å²) in [5.41, 5.74) is 3.33. The Morgan fingerprint density at radius 3 is 2.54 bits per heavy atom. The molecule has 0 spiro atoms. The van der Waals surface area contributed by atoms with Crippen LogP contribution in [0.25, 0.3) is 0 Å². The average Bonchev–Trinajstić information content (AvgIpc) is 3.28. The third kappa shape index (κ3) is 3.81. The van der Waals surface area contributed by atoms with Gasteiger partial charge >= 0.3 is 0 Å². The summed E-state index contributed by atoms with van der Waals surface area (Å²) in [7, 11) is 0. The maximum absolute atomic E-state index is 12.7. The van der Waals surface area contributed by atoms with Crippen LogP contribution >= 0.6 is 0 Å². The van der Waals surface area contributed by atoms with Gasteiger partial charge in [0.1, 0.15) is 5.82 Å². The number of benzene rings is 2. The number of carbonyl (C=O) groups excluding carboxylic acids is 2. The fourth-order valence-corrected chi connectivity index (χ4v) is 3.43. The van der Waals surface area contributed by atoms with E-state index in [0.717, 1.165) is 29.9 Å². The van der Waals surface area contributed by atoms with E-state index in [-0.39, 0.29) is 11.8 Å². The van der Waals surface area contributed by atoms with Gasteiger partial charge in [-0.2, -0.15) is 5.10 Å². The van der Waals surface area contributed by atoms with Crippen molar-refractivity contribution in [1.82, 2.24) is 9.78 Å². The second kappa shape index (κ2) is 7.68. The lowest BCUT2D eigenvalue weighted by Crippen LogP contribution is -2.23. The molecular weight excluding hydrogens is 352 g/mol. The van der Waals surface area contributed by atoms with Crippen molar-refractivity contribution in [1.29, 1.82) is 0 Å². The Balaban J connectivity index is 1.48. The van der Waals surface area contributed by atoms with Gasteiger partial charge in [0.15, 0.2) is 0 Å². The van der Waals surface area contributed by atoms with Crippen molar-refractivity contribution in [2.45, 2.75) is 26.3 Å². The number of rotatable bonds is 5. The molecule has 3 aromatic rings. The molecule has 0 radical (unpaired) electrons. The topological polar surface area (TPSA) is 67.2 Å². The Morgan fingerprint density at radius 2 is 1.86 bits per heavy atom. The molecule has 0 bridgehead atoms. The number of nitrogens with one attached hydrogen (secondary N) is 1. The Hall–Kier alpha value is -3.41. The van der Waals surface area contributed by atoms with Gasteiger partial charge < -0.3 is 10.2 Å². The normalized spacial score (nSPS) is 13.8. The highest BCUT2D eigenvalue weighted by atomic mass is 16.2. The molecule has 1 aliphatic heterocycles. The van der Waals surface area contributed by atoms with Gasteiger partial charge in [0.2, 0.25) is 5.91 Å². The summed E-state index contributed by atoms with van der Waals surface area (Å²) in [6, 6.07) is 19.0. The second-order valence-corrected chi connectivity index (χ2v) is 6.96. The van der Waals surface area contributed by atoms with Crippen LogP contribution in [0.15, 0.2) is 60.7 Å². The van der Waals surface area contributed by atoms with E-state index in [0.29, 0.717) is 24.3 Å². The van der Waals surface area contributed by atoms with Crippen molar-refractivity contribution >= 4 is 23.3 Å². The summed E-state index contributed by atoms with van der Waals surface area (Å²) in [6.45, 7) is 3.22. The van der Waals surface area contributed by atoms with E-state index in [1.807, 2.05) is 55.5 Å². The van der Waals surface area contributed by atoms with Gasteiger partial charge in [-0.05, 0) is 43.2 Å². The number of aryl methyl sites for hydroxylation is 1. The number of amides is 2. The molecule has 2 aromatic carbocycles. The number of anilines is 2. The van der Waals surface area contributed by atoms with Crippen molar-refractivity contribution in [3.8, 4) is 0 Å². The lowest BCUT2D eigenvalue weighted by Gasteiger charge is -2.16. The zero-order valence-corrected chi connectivity index (χ0v) is 15.8. The van der Waals surface area contributed by atoms with Gasteiger partial charge in [-0.1, -0.05) is 30.3 Å². The first-order valence-electron chi connectivity index (χ1n) is 9.40. The van der Waals surface area contributed by atoms with Crippen molar-refractivity contribution in [3.63, 3.8) is 0 Å². The van der Waals surface area contributed by atoms with Crippen molar-refractivity contribution < 1.29 is 9.59 Å². The first kappa shape index (κ1) is 18.0. The van der Waals surface area contributed by atoms with Crippen molar-refractivity contribution in [2.75, 3.05) is 16.8 Å². The van der Waals surface area contributed by atoms with Crippen LogP contribution in [0.3, 0.4) is 0 Å². The molecule has 4 rings (SSSR count). The molecule has 142 valence electrons. The molecule has 1 saturated heterocycles. The molecule has 6 nitrogen and oxygen atoms in total. The number of hydrogen-bond acceptors (Lipinski definition) is 3. The molecule has 1 aliphatic rings. The smallest absolute Gasteiger partial charge is 0.256 e. The van der Waals surface area contributed by atoms with E-state index < -0.39 is 0 Å². The molecule has 0 aliphatic carbocycles. The summed E-state index contributed by atoms with van der Waals surface area (Å²) in [5.74, 6) is 0.594. The molecule has 2 heterocycles. The predicted molar refractivity (Wildman–Crippen MR) is 108 cm³/mol. The zero-order valence-electron chi connectivity index (χ0n) is 15.8. The predicted octanol–water partition coefficient (Wildman–Crippen LogP) is 3.62. The summed E-state index contributed by atoms with van der Waals surface area (Å²) in [5, 5.41) is 7.43. The van der Waals surface area contributed by atoms with Crippen LogP contribution < -0.4 is 10.2 Å². The monoisotopic (exact) mass is 374 g/mol. The average molecular weight is 374 g/mol. The molecule has 1 N–H and O–H groups in total. The van der Waals surface area contributed by atoms with Gasteiger partial charge in [-0.15, -0.1) is 0 Å². The molecule has 0 saturated carbocycles. The fraction of sp³-hybridized carbons (Fsp3) is 0.227. The van der Waals surface area contributed by atoms with Crippen molar-refractivity contribution in [2.24, 2.45) is 0 Å². The lowest BCUT2D eigenvalue weighted by molar-refractivity contribution is -0.117. The van der Waals surface area contributed by atoms with Gasteiger partial charge in [0, 0.05) is 30.3 Å². The van der Waals surface area contributed by atoms with Crippen LogP contribution in [-0.2, 0) is 11.3 Å². The molecule has 28 heavy (non-hydrogen) atoms. The van der Waals surface area contributed by atoms with Crippen LogP contribution in [0.5, 0.6) is 0 Å². The standard InChI is InChI=1S/C22H22N4O2/c1-16-14-20(26(24-16)15-17-6-3-2-4-7-17)23-22(28)18-9-11-19(12-10-18)25-13-5-8-21(25)27/h2-4,6-7,9-12,14H,5,8,13,15H2,1H3,(H,23,28). The number of carbonyl (C=O) groups is 2. The van der Waals surface area contributed by atoms with E-state index in [1.54, 1.807) is 21.7 Å². The van der Waals surface area contributed by atoms with Crippen LogP contribution in [-0.4, -0.2) is 28.1 Å². The third-order valence-electron chi connectivity index (χ3n) is 4.83. The Morgan fingerprint density at radius 1 is 1.11 bits per heavy atom. The molecule has 0 unspecified atom stereocenters. The number of hydrogen-bond donors (Lipinski definition) is 1. The zero-order chi connectivity index (χ0) is 19.5. The minimum Gasteiger partial charge on any atom is -0.312 e. The van der Waals surface area contributed by atoms with Gasteiger partial charge in [-0.3, -0.25) is 9.59 Å². The van der Waals surface area contributed by atoms with Gasteiger partial charge in [0.25, 0.3) is 5.91 Å². The van der Waals surface area contributed by atoms with E-state index in [1.165, 1.54) is 0 Å². The van der Waals surface area contributed by atoms with Crippen LogP contribution in [0.2, 0.25) is 0 Å². The maximum Gasteiger partial charge on any atom is 0.256 e. The first-order valence-corrected chi connectivity index (χ1v) is 9.40. The molecule has 0 atom stereocenters. The van der Waals surface area contributed by atoms with E-state index in [2.05, 4.69) is 10.4 Å². The lowest BCUT2D eigenvalue weighted by atomic mass is 10.2. The van der Waals surface area contributed by atoms with Gasteiger partial charge in [0.05, 0.1) is 12.2 Å². The number of aromatic nitrogens is 2. The quantitative estimate of drug-likeness (QED) is 0.742. The SMILES string of the molecule is Cc1cc(NC(=O)c2ccc(N3CCCC3=O)cc2)n(Cc2ccccc2)n1. The minimum atomic E-state index is -0.200. The maximum atomic E-state index is 12.7. The van der Waals surface area contributed by atoms with E-state index >= 15 is 0 Å². The van der Waals surface area contributed by atoms with Crippen LogP contribution in [0.1, 0.15) is 34.5 Å². The van der Waals surface area contributed by atoms with Crippen LogP contribution in [0, 0.1) is 6.92 Å². The molecule has 6 heteroatoms. The van der Waals surface area contributed by atoms with Crippen molar-refractivity contribution in [3.05, 3.63) is 77.5 Å². The van der Waals surface area contributed by atoms with Gasteiger partial charge in [-0.25, -0.2) is 4.68 Å². The molecule has 1 fully saturated rings. The van der Waals surface area contributed by atoms with Crippen LogP contribution in [0.4, 0.5) is 11.5 Å². The highest BCUT2D eigenvalue weighted by molar-refractivity contribution is 6.04. The third-order valence-corrected chi connectivity index (χ3v) is 4.83. The molecular formula is C22H22N4O2. The largest absolute Gasteiger partial charge is 0.312 e. The Kier molecular flexibility index (Phi) is 4.93. The molecule has 1 aromatic heterocycles. The highest BCUT2D eigenvalue weighted by Gasteiger charge is 2.21. The Labute approximate surface area is 163 Å². The fourth-order valence-electron chi connectivity index (χ4n) is 3.43. The molecule has 2 amide bonds. The highest BCUT2D eigenvalue weighted by Crippen LogP contribution is 2.22.